The van der Waals surface area contributed by atoms with E-state index in [9.17, 15) is 13.2 Å². The van der Waals surface area contributed by atoms with E-state index in [1.165, 1.54) is 24.3 Å². The number of urea groups is 1. The van der Waals surface area contributed by atoms with E-state index in [0.717, 1.165) is 11.1 Å². The molecule has 0 heterocycles. The number of hydrogen-bond acceptors (Lipinski definition) is 3. The first-order chi connectivity index (χ1) is 13.5. The van der Waals surface area contributed by atoms with Crippen LogP contribution in [0.4, 0.5) is 4.79 Å². The Balaban J connectivity index is 1.81. The van der Waals surface area contributed by atoms with Gasteiger partial charge >= 0.3 is 6.03 Å². The maximum Gasteiger partial charge on any atom is 0.329 e. The second-order valence-electron chi connectivity index (χ2n) is 6.00. The van der Waals surface area contributed by atoms with Gasteiger partial charge in [-0.25, -0.2) is 17.9 Å². The summed E-state index contributed by atoms with van der Waals surface area (Å²) < 4.78 is 27.0. The molecule has 0 atom stereocenters. The Morgan fingerprint density at radius 3 is 1.79 bits per heavy atom. The molecule has 140 valence electrons. The number of amides is 2. The number of sulfonamides is 1. The Bertz CT molecular complexity index is 1050. The fourth-order valence-corrected chi connectivity index (χ4v) is 3.64. The molecule has 0 radical (unpaired) electrons. The van der Waals surface area contributed by atoms with Crippen molar-refractivity contribution in [1.29, 1.82) is 0 Å². The van der Waals surface area contributed by atoms with Crippen molar-refractivity contribution in [2.45, 2.75) is 10.9 Å². The van der Waals surface area contributed by atoms with E-state index in [1.807, 2.05) is 60.7 Å². The molecule has 5 nitrogen and oxygen atoms in total. The average Bonchev–Trinajstić information content (AvgIpc) is 2.73. The van der Waals surface area contributed by atoms with E-state index in [-0.39, 0.29) is 4.90 Å². The van der Waals surface area contributed by atoms with Gasteiger partial charge in [0.25, 0.3) is 10.0 Å². The summed E-state index contributed by atoms with van der Waals surface area (Å²) in [6.45, 7) is 0. The Labute approximate surface area is 164 Å². The van der Waals surface area contributed by atoms with Gasteiger partial charge in [-0.2, -0.15) is 0 Å². The Kier molecular flexibility index (Phi) is 5.78. The lowest BCUT2D eigenvalue weighted by molar-refractivity contribution is 0.243. The molecule has 3 aromatic carbocycles. The highest BCUT2D eigenvalue weighted by atomic mass is 32.2. The number of carbonyl (C=O) groups is 1. The summed E-state index contributed by atoms with van der Waals surface area (Å²) >= 11 is 0. The third kappa shape index (κ3) is 4.58. The lowest BCUT2D eigenvalue weighted by Crippen LogP contribution is -2.41. The van der Waals surface area contributed by atoms with Crippen molar-refractivity contribution in [3.8, 4) is 12.3 Å². The van der Waals surface area contributed by atoms with Crippen LogP contribution >= 0.6 is 0 Å². The SMILES string of the molecule is C#Cc1ccc(S(=O)(=O)NC(=O)NC(c2ccccc2)c2ccccc2)cc1. The summed E-state index contributed by atoms with van der Waals surface area (Å²) in [6, 6.07) is 23.0. The van der Waals surface area contributed by atoms with Crippen LogP contribution in [0.1, 0.15) is 22.7 Å². The smallest absolute Gasteiger partial charge is 0.326 e. The molecule has 0 bridgehead atoms. The van der Waals surface area contributed by atoms with Crippen LogP contribution in [0.2, 0.25) is 0 Å². The highest BCUT2D eigenvalue weighted by Crippen LogP contribution is 2.21. The zero-order valence-electron chi connectivity index (χ0n) is 14.9. The van der Waals surface area contributed by atoms with E-state index >= 15 is 0 Å². The van der Waals surface area contributed by atoms with Gasteiger partial charge < -0.3 is 5.32 Å². The number of carbonyl (C=O) groups excluding carboxylic acids is 1. The predicted octanol–water partition coefficient (Wildman–Crippen LogP) is 3.45. The minimum absolute atomic E-state index is 0.0439. The van der Waals surface area contributed by atoms with Crippen LogP contribution in [0.5, 0.6) is 0 Å². The third-order valence-corrected chi connectivity index (χ3v) is 5.45. The quantitative estimate of drug-likeness (QED) is 0.655. The second-order valence-corrected chi connectivity index (χ2v) is 7.68. The minimum atomic E-state index is -4.03. The van der Waals surface area contributed by atoms with Gasteiger partial charge in [0, 0.05) is 5.56 Å². The Morgan fingerprint density at radius 1 is 0.821 bits per heavy atom. The molecule has 0 spiro atoms. The van der Waals surface area contributed by atoms with Gasteiger partial charge in [0.05, 0.1) is 10.9 Å². The zero-order valence-corrected chi connectivity index (χ0v) is 15.7. The normalized spacial score (nSPS) is 10.9. The fourth-order valence-electron chi connectivity index (χ4n) is 2.72. The summed E-state index contributed by atoms with van der Waals surface area (Å²) in [5.74, 6) is 2.41. The molecule has 3 rings (SSSR count). The zero-order chi connectivity index (χ0) is 20.0. The van der Waals surface area contributed by atoms with Gasteiger partial charge in [0.2, 0.25) is 0 Å². The lowest BCUT2D eigenvalue weighted by atomic mass is 9.99. The van der Waals surface area contributed by atoms with Crippen LogP contribution < -0.4 is 10.0 Å². The molecule has 0 fully saturated rings. The van der Waals surface area contributed by atoms with Crippen molar-refractivity contribution < 1.29 is 13.2 Å². The maximum atomic E-state index is 12.5. The molecule has 0 aliphatic carbocycles. The van der Waals surface area contributed by atoms with E-state index in [1.54, 1.807) is 0 Å². The summed E-state index contributed by atoms with van der Waals surface area (Å²) in [6.07, 6.45) is 5.28. The largest absolute Gasteiger partial charge is 0.329 e. The first-order valence-corrected chi connectivity index (χ1v) is 9.98. The molecule has 6 heteroatoms. The summed E-state index contributed by atoms with van der Waals surface area (Å²) in [7, 11) is -4.03. The van der Waals surface area contributed by atoms with E-state index < -0.39 is 22.1 Å². The number of nitrogens with one attached hydrogen (secondary N) is 2. The molecule has 28 heavy (non-hydrogen) atoms. The van der Waals surface area contributed by atoms with Crippen LogP contribution in [0, 0.1) is 12.3 Å². The monoisotopic (exact) mass is 390 g/mol. The van der Waals surface area contributed by atoms with Gasteiger partial charge in [-0.3, -0.25) is 0 Å². The van der Waals surface area contributed by atoms with E-state index in [2.05, 4.69) is 16.0 Å². The molecule has 0 aromatic heterocycles. The van der Waals surface area contributed by atoms with Crippen molar-refractivity contribution in [3.05, 3.63) is 102 Å². The second kappa shape index (κ2) is 8.42. The van der Waals surface area contributed by atoms with Gasteiger partial charge in [0.15, 0.2) is 0 Å². The average molecular weight is 390 g/mol. The molecule has 2 amide bonds. The van der Waals surface area contributed by atoms with Crippen molar-refractivity contribution in [2.24, 2.45) is 0 Å². The minimum Gasteiger partial charge on any atom is -0.326 e. The molecule has 0 saturated heterocycles. The number of rotatable bonds is 5. The van der Waals surface area contributed by atoms with Crippen LogP contribution in [0.25, 0.3) is 0 Å². The topological polar surface area (TPSA) is 75.3 Å². The van der Waals surface area contributed by atoms with Gasteiger partial charge in [-0.05, 0) is 35.4 Å². The molecular weight excluding hydrogens is 372 g/mol. The van der Waals surface area contributed by atoms with Gasteiger partial charge in [-0.15, -0.1) is 6.42 Å². The van der Waals surface area contributed by atoms with Crippen molar-refractivity contribution in [1.82, 2.24) is 10.0 Å². The number of hydrogen-bond donors (Lipinski definition) is 2. The molecule has 2 N–H and O–H groups in total. The highest BCUT2D eigenvalue weighted by molar-refractivity contribution is 7.90. The Hall–Kier alpha value is -3.56. The molecule has 0 saturated carbocycles. The Morgan fingerprint density at radius 2 is 1.32 bits per heavy atom. The van der Waals surface area contributed by atoms with Crippen LogP contribution in [0.3, 0.4) is 0 Å². The molecule has 3 aromatic rings. The lowest BCUT2D eigenvalue weighted by Gasteiger charge is -2.20. The summed E-state index contributed by atoms with van der Waals surface area (Å²) in [5.41, 5.74) is 2.22. The molecule has 0 unspecified atom stereocenters. The third-order valence-electron chi connectivity index (χ3n) is 4.10. The van der Waals surface area contributed by atoms with Crippen LogP contribution in [-0.4, -0.2) is 14.4 Å². The first-order valence-electron chi connectivity index (χ1n) is 8.49. The van der Waals surface area contributed by atoms with Crippen molar-refractivity contribution in [3.63, 3.8) is 0 Å². The summed E-state index contributed by atoms with van der Waals surface area (Å²) in [4.78, 5) is 12.4. The number of terminal acetylenes is 1. The van der Waals surface area contributed by atoms with E-state index in [0.29, 0.717) is 5.56 Å². The van der Waals surface area contributed by atoms with Gasteiger partial charge in [0.1, 0.15) is 0 Å². The number of benzene rings is 3. The van der Waals surface area contributed by atoms with E-state index in [4.69, 9.17) is 6.42 Å². The van der Waals surface area contributed by atoms with Crippen LogP contribution in [0.15, 0.2) is 89.8 Å². The summed E-state index contributed by atoms with van der Waals surface area (Å²) in [5, 5.41) is 2.74. The molecule has 0 aliphatic rings. The fraction of sp³-hybridized carbons (Fsp3) is 0.0455. The molecule has 0 aliphatic heterocycles. The molecular formula is C22H18N2O3S. The first kappa shape index (κ1) is 19.2. The van der Waals surface area contributed by atoms with Crippen LogP contribution in [-0.2, 0) is 10.0 Å². The standard InChI is InChI=1S/C22H18N2O3S/c1-2-17-13-15-20(16-14-17)28(26,27)24-22(25)23-21(18-9-5-3-6-10-18)19-11-7-4-8-12-19/h1,3-16,21H,(H2,23,24,25). The van der Waals surface area contributed by atoms with Gasteiger partial charge in [-0.1, -0.05) is 66.6 Å². The van der Waals surface area contributed by atoms with Crippen molar-refractivity contribution in [2.75, 3.05) is 0 Å². The highest BCUT2D eigenvalue weighted by Gasteiger charge is 2.21. The maximum absolute atomic E-state index is 12.5. The predicted molar refractivity (Wildman–Crippen MR) is 108 cm³/mol. The van der Waals surface area contributed by atoms with Crippen molar-refractivity contribution >= 4 is 16.1 Å².